The molecule has 7 nitrogen and oxygen atoms in total. The molecule has 3 aromatic rings. The molecule has 1 fully saturated rings. The summed E-state index contributed by atoms with van der Waals surface area (Å²) in [5, 5.41) is 13.6. The number of amides is 2. The van der Waals surface area contributed by atoms with E-state index in [1.165, 1.54) is 18.2 Å². The topological polar surface area (TPSA) is 92.6 Å². The molecule has 0 unspecified atom stereocenters. The average molecular weight is 496 g/mol. The molecule has 0 aliphatic carbocycles. The highest BCUT2D eigenvalue weighted by Gasteiger charge is 2.26. The lowest BCUT2D eigenvalue weighted by Crippen LogP contribution is -2.39. The van der Waals surface area contributed by atoms with Crippen molar-refractivity contribution in [3.05, 3.63) is 104 Å². The fourth-order valence-electron chi connectivity index (χ4n) is 4.28. The van der Waals surface area contributed by atoms with Crippen LogP contribution in [-0.2, 0) is 6.42 Å². The van der Waals surface area contributed by atoms with Gasteiger partial charge < -0.3 is 10.2 Å². The molecule has 9 heteroatoms. The van der Waals surface area contributed by atoms with Crippen molar-refractivity contribution >= 4 is 34.8 Å². The number of carbonyl (C=O) groups excluding carboxylic acids is 2. The molecule has 0 bridgehead atoms. The number of piperidine rings is 1. The maximum Gasteiger partial charge on any atom is 0.270 e. The van der Waals surface area contributed by atoms with E-state index in [-0.39, 0.29) is 28.0 Å². The van der Waals surface area contributed by atoms with Crippen LogP contribution in [-0.4, -0.2) is 34.7 Å². The average Bonchev–Trinajstić information content (AvgIpc) is 2.84. The van der Waals surface area contributed by atoms with Crippen molar-refractivity contribution in [2.75, 3.05) is 18.4 Å². The zero-order valence-corrected chi connectivity index (χ0v) is 19.5. The number of anilines is 1. The van der Waals surface area contributed by atoms with Crippen LogP contribution in [0, 0.1) is 21.8 Å². The van der Waals surface area contributed by atoms with Gasteiger partial charge in [0.15, 0.2) is 0 Å². The number of rotatable bonds is 6. The molecular weight excluding hydrogens is 473 g/mol. The number of non-ortho nitro benzene ring substituents is 1. The number of hydrogen-bond acceptors (Lipinski definition) is 4. The van der Waals surface area contributed by atoms with E-state index in [0.29, 0.717) is 30.3 Å². The molecule has 1 aliphatic heterocycles. The summed E-state index contributed by atoms with van der Waals surface area (Å²) in [4.78, 5) is 38.1. The number of hydrogen-bond donors (Lipinski definition) is 1. The van der Waals surface area contributed by atoms with Crippen molar-refractivity contribution in [1.82, 2.24) is 4.90 Å². The second-order valence-electron chi connectivity index (χ2n) is 8.49. The number of likely N-dealkylation sites (tertiary alicyclic amines) is 1. The predicted molar refractivity (Wildman–Crippen MR) is 131 cm³/mol. The van der Waals surface area contributed by atoms with Crippen LogP contribution in [0.3, 0.4) is 0 Å². The highest BCUT2D eigenvalue weighted by molar-refractivity contribution is 6.34. The zero-order chi connectivity index (χ0) is 24.9. The Kier molecular flexibility index (Phi) is 7.41. The van der Waals surface area contributed by atoms with Crippen LogP contribution >= 0.6 is 11.6 Å². The van der Waals surface area contributed by atoms with E-state index in [9.17, 15) is 24.1 Å². The quantitative estimate of drug-likeness (QED) is 0.349. The first kappa shape index (κ1) is 24.3. The molecule has 2 amide bonds. The second kappa shape index (κ2) is 10.7. The molecule has 0 atom stereocenters. The van der Waals surface area contributed by atoms with Crippen molar-refractivity contribution in [1.29, 1.82) is 0 Å². The summed E-state index contributed by atoms with van der Waals surface area (Å²) >= 11 is 6.08. The van der Waals surface area contributed by atoms with Gasteiger partial charge in [0.25, 0.3) is 17.5 Å². The van der Waals surface area contributed by atoms with Gasteiger partial charge in [-0.15, -0.1) is 0 Å². The van der Waals surface area contributed by atoms with E-state index in [2.05, 4.69) is 5.32 Å². The largest absolute Gasteiger partial charge is 0.339 e. The number of nitrogens with zero attached hydrogens (tertiary/aromatic N) is 2. The Morgan fingerprint density at radius 2 is 1.77 bits per heavy atom. The summed E-state index contributed by atoms with van der Waals surface area (Å²) in [6.07, 6.45) is 2.37. The van der Waals surface area contributed by atoms with E-state index >= 15 is 0 Å². The number of nitro benzene ring substituents is 1. The second-order valence-corrected chi connectivity index (χ2v) is 8.90. The summed E-state index contributed by atoms with van der Waals surface area (Å²) in [6, 6.07) is 16.9. The standard InChI is InChI=1S/C26H23ClFN3O4/c27-23-16-20(31(34)35)8-9-21(23)25(32)29-24-7-2-1-6-22(24)26(33)30-12-10-17(11-13-30)14-18-4-3-5-19(28)15-18/h1-9,15-17H,10-14H2,(H,29,32). The molecule has 1 heterocycles. The van der Waals surface area contributed by atoms with Crippen LogP contribution in [0.15, 0.2) is 66.7 Å². The highest BCUT2D eigenvalue weighted by atomic mass is 35.5. The van der Waals surface area contributed by atoms with Crippen LogP contribution in [0.5, 0.6) is 0 Å². The Morgan fingerprint density at radius 3 is 2.46 bits per heavy atom. The van der Waals surface area contributed by atoms with E-state index in [1.807, 2.05) is 6.07 Å². The Morgan fingerprint density at radius 1 is 1.03 bits per heavy atom. The highest BCUT2D eigenvalue weighted by Crippen LogP contribution is 2.27. The number of carbonyl (C=O) groups is 2. The fourth-order valence-corrected chi connectivity index (χ4v) is 4.54. The molecule has 0 aromatic heterocycles. The molecule has 3 aromatic carbocycles. The Labute approximate surface area is 206 Å². The normalized spacial score (nSPS) is 13.9. The van der Waals surface area contributed by atoms with Crippen molar-refractivity contribution in [2.45, 2.75) is 19.3 Å². The molecule has 0 saturated carbocycles. The Balaban J connectivity index is 1.42. The first-order chi connectivity index (χ1) is 16.8. The number of halogens is 2. The maximum absolute atomic E-state index is 13.5. The van der Waals surface area contributed by atoms with Gasteiger partial charge in [0.2, 0.25) is 0 Å². The minimum absolute atomic E-state index is 0.0547. The Hall–Kier alpha value is -3.78. The monoisotopic (exact) mass is 495 g/mol. The van der Waals surface area contributed by atoms with Gasteiger partial charge in [-0.25, -0.2) is 4.39 Å². The molecule has 1 aliphatic rings. The van der Waals surface area contributed by atoms with Crippen LogP contribution < -0.4 is 5.32 Å². The van der Waals surface area contributed by atoms with Gasteiger partial charge in [-0.05, 0) is 61.1 Å². The van der Waals surface area contributed by atoms with E-state index in [4.69, 9.17) is 11.6 Å². The number of nitrogens with one attached hydrogen (secondary N) is 1. The minimum Gasteiger partial charge on any atom is -0.339 e. The first-order valence-electron chi connectivity index (χ1n) is 11.2. The first-order valence-corrected chi connectivity index (χ1v) is 11.6. The van der Waals surface area contributed by atoms with Gasteiger partial charge in [-0.3, -0.25) is 19.7 Å². The zero-order valence-electron chi connectivity index (χ0n) is 18.7. The van der Waals surface area contributed by atoms with Gasteiger partial charge in [-0.2, -0.15) is 0 Å². The van der Waals surface area contributed by atoms with Crippen molar-refractivity contribution < 1.29 is 18.9 Å². The summed E-state index contributed by atoms with van der Waals surface area (Å²) in [7, 11) is 0. The third kappa shape index (κ3) is 5.84. The van der Waals surface area contributed by atoms with E-state index in [0.717, 1.165) is 30.9 Å². The van der Waals surface area contributed by atoms with Crippen molar-refractivity contribution in [3.63, 3.8) is 0 Å². The lowest BCUT2D eigenvalue weighted by molar-refractivity contribution is -0.384. The molecular formula is C26H23ClFN3O4. The van der Waals surface area contributed by atoms with Gasteiger partial charge in [0.05, 0.1) is 26.8 Å². The van der Waals surface area contributed by atoms with Crippen molar-refractivity contribution in [3.8, 4) is 0 Å². The number of para-hydroxylation sites is 1. The van der Waals surface area contributed by atoms with Gasteiger partial charge in [0.1, 0.15) is 5.82 Å². The summed E-state index contributed by atoms with van der Waals surface area (Å²) in [6.45, 7) is 1.13. The van der Waals surface area contributed by atoms with Crippen LogP contribution in [0.2, 0.25) is 5.02 Å². The molecule has 0 radical (unpaired) electrons. The summed E-state index contributed by atoms with van der Waals surface area (Å²) in [5.74, 6) is -0.650. The maximum atomic E-state index is 13.5. The van der Waals surface area contributed by atoms with Gasteiger partial charge in [0, 0.05) is 25.2 Å². The molecule has 180 valence electrons. The minimum atomic E-state index is -0.594. The van der Waals surface area contributed by atoms with Gasteiger partial charge >= 0.3 is 0 Å². The number of nitro groups is 1. The molecule has 35 heavy (non-hydrogen) atoms. The third-order valence-electron chi connectivity index (χ3n) is 6.13. The molecule has 1 saturated heterocycles. The number of benzene rings is 3. The summed E-state index contributed by atoms with van der Waals surface area (Å²) < 4.78 is 13.5. The smallest absolute Gasteiger partial charge is 0.270 e. The summed E-state index contributed by atoms with van der Waals surface area (Å²) in [5.41, 5.74) is 1.48. The predicted octanol–water partition coefficient (Wildman–Crippen LogP) is 5.73. The molecule has 4 rings (SSSR count). The lowest BCUT2D eigenvalue weighted by Gasteiger charge is -2.32. The lowest BCUT2D eigenvalue weighted by atomic mass is 9.90. The van der Waals surface area contributed by atoms with Gasteiger partial charge in [-0.1, -0.05) is 35.9 Å². The fraction of sp³-hybridized carbons (Fsp3) is 0.231. The SMILES string of the molecule is O=C(Nc1ccccc1C(=O)N1CCC(Cc2cccc(F)c2)CC1)c1ccc([N+](=O)[O-])cc1Cl. The Bertz CT molecular complexity index is 1270. The van der Waals surface area contributed by atoms with Crippen LogP contribution in [0.4, 0.5) is 15.8 Å². The van der Waals surface area contributed by atoms with E-state index in [1.54, 1.807) is 41.3 Å². The molecule has 1 N–H and O–H groups in total. The van der Waals surface area contributed by atoms with Crippen molar-refractivity contribution in [2.24, 2.45) is 5.92 Å². The third-order valence-corrected chi connectivity index (χ3v) is 6.44. The van der Waals surface area contributed by atoms with E-state index < -0.39 is 10.8 Å². The molecule has 0 spiro atoms. The van der Waals surface area contributed by atoms with Crippen LogP contribution in [0.1, 0.15) is 39.1 Å². The van der Waals surface area contributed by atoms with Crippen LogP contribution in [0.25, 0.3) is 0 Å².